The summed E-state index contributed by atoms with van der Waals surface area (Å²) in [6, 6.07) is 7.82. The monoisotopic (exact) mass is 241 g/mol. The first-order chi connectivity index (χ1) is 7.52. The fourth-order valence-electron chi connectivity index (χ4n) is 1.15. The molecule has 0 heterocycles. The van der Waals surface area contributed by atoms with E-state index in [4.69, 9.17) is 0 Å². The SMILES string of the molecule is CC(=O)OC(=O)C(c1ccccc1)S(=O)[O-]. The van der Waals surface area contributed by atoms with E-state index >= 15 is 0 Å². The number of hydrogen-bond acceptors (Lipinski definition) is 5. The van der Waals surface area contributed by atoms with E-state index in [9.17, 15) is 18.4 Å². The van der Waals surface area contributed by atoms with Gasteiger partial charge in [0.2, 0.25) is 0 Å². The fraction of sp³-hybridized carbons (Fsp3) is 0.200. The predicted octanol–water partition coefficient (Wildman–Crippen LogP) is 0.696. The molecule has 0 saturated carbocycles. The molecule has 2 atom stereocenters. The van der Waals surface area contributed by atoms with Crippen LogP contribution in [0, 0.1) is 0 Å². The average Bonchev–Trinajstić information content (AvgIpc) is 2.17. The Bertz CT molecular complexity index is 414. The molecule has 0 spiro atoms. The highest BCUT2D eigenvalue weighted by molar-refractivity contribution is 7.80. The average molecular weight is 241 g/mol. The van der Waals surface area contributed by atoms with E-state index in [1.54, 1.807) is 18.2 Å². The van der Waals surface area contributed by atoms with Gasteiger partial charge in [0, 0.05) is 6.92 Å². The van der Waals surface area contributed by atoms with Crippen LogP contribution in [0.5, 0.6) is 0 Å². The Hall–Kier alpha value is -1.53. The van der Waals surface area contributed by atoms with Crippen molar-refractivity contribution in [3.8, 4) is 0 Å². The third-order valence-corrected chi connectivity index (χ3v) is 2.60. The Morgan fingerprint density at radius 1 is 1.31 bits per heavy atom. The number of hydrogen-bond donors (Lipinski definition) is 0. The highest BCUT2D eigenvalue weighted by Gasteiger charge is 2.24. The van der Waals surface area contributed by atoms with E-state index in [-0.39, 0.29) is 5.56 Å². The maximum absolute atomic E-state index is 11.4. The number of ether oxygens (including phenoxy) is 1. The molecular weight excluding hydrogens is 232 g/mol. The van der Waals surface area contributed by atoms with Crippen molar-refractivity contribution in [1.82, 2.24) is 0 Å². The normalized spacial score (nSPS) is 13.9. The molecule has 0 radical (unpaired) electrons. The second-order valence-electron chi connectivity index (χ2n) is 2.96. The lowest BCUT2D eigenvalue weighted by molar-refractivity contribution is -0.157. The molecule has 0 aliphatic carbocycles. The molecule has 0 aliphatic heterocycles. The first-order valence-electron chi connectivity index (χ1n) is 4.37. The van der Waals surface area contributed by atoms with Gasteiger partial charge in [0.05, 0.1) is 0 Å². The van der Waals surface area contributed by atoms with Crippen LogP contribution in [0.2, 0.25) is 0 Å². The minimum atomic E-state index is -2.68. The Morgan fingerprint density at radius 2 is 1.88 bits per heavy atom. The Morgan fingerprint density at radius 3 is 2.31 bits per heavy atom. The van der Waals surface area contributed by atoms with Gasteiger partial charge in [-0.1, -0.05) is 30.3 Å². The summed E-state index contributed by atoms with van der Waals surface area (Å²) in [6.07, 6.45) is 0. The van der Waals surface area contributed by atoms with Crippen molar-refractivity contribution in [2.75, 3.05) is 0 Å². The lowest BCUT2D eigenvalue weighted by Gasteiger charge is -2.17. The first-order valence-corrected chi connectivity index (χ1v) is 5.51. The molecule has 0 aromatic heterocycles. The highest BCUT2D eigenvalue weighted by Crippen LogP contribution is 2.20. The summed E-state index contributed by atoms with van der Waals surface area (Å²) < 4.78 is 26.1. The zero-order chi connectivity index (χ0) is 12.1. The summed E-state index contributed by atoms with van der Waals surface area (Å²) in [5, 5.41) is -1.47. The summed E-state index contributed by atoms with van der Waals surface area (Å²) in [6.45, 7) is 1.04. The van der Waals surface area contributed by atoms with Crippen LogP contribution < -0.4 is 0 Å². The number of carbonyl (C=O) groups excluding carboxylic acids is 2. The molecule has 86 valence electrons. The fourth-order valence-corrected chi connectivity index (χ4v) is 1.73. The second kappa shape index (κ2) is 5.53. The highest BCUT2D eigenvalue weighted by atomic mass is 32.2. The number of benzene rings is 1. The van der Waals surface area contributed by atoms with Gasteiger partial charge in [0.1, 0.15) is 5.25 Å². The van der Waals surface area contributed by atoms with Crippen molar-refractivity contribution in [2.45, 2.75) is 12.2 Å². The van der Waals surface area contributed by atoms with Gasteiger partial charge in [0.25, 0.3) is 0 Å². The zero-order valence-corrected chi connectivity index (χ0v) is 9.23. The van der Waals surface area contributed by atoms with Crippen LogP contribution >= 0.6 is 0 Å². The standard InChI is InChI=1S/C10H10O5S/c1-7(11)15-10(12)9(16(13)14)8-5-3-2-4-6-8/h2-6,9H,1H3,(H,13,14)/p-1. The van der Waals surface area contributed by atoms with Crippen molar-refractivity contribution < 1.29 is 23.1 Å². The van der Waals surface area contributed by atoms with E-state index in [0.717, 1.165) is 6.92 Å². The van der Waals surface area contributed by atoms with E-state index < -0.39 is 28.3 Å². The first kappa shape index (κ1) is 12.5. The van der Waals surface area contributed by atoms with Gasteiger partial charge in [-0.15, -0.1) is 0 Å². The van der Waals surface area contributed by atoms with Gasteiger partial charge in [-0.05, 0) is 16.6 Å². The van der Waals surface area contributed by atoms with Crippen molar-refractivity contribution >= 4 is 23.0 Å². The summed E-state index contributed by atoms with van der Waals surface area (Å²) in [7, 11) is 0. The third kappa shape index (κ3) is 3.25. The van der Waals surface area contributed by atoms with Gasteiger partial charge < -0.3 is 9.29 Å². The van der Waals surface area contributed by atoms with Crippen LogP contribution in [0.3, 0.4) is 0 Å². The molecule has 0 saturated heterocycles. The quantitative estimate of drug-likeness (QED) is 0.442. The van der Waals surface area contributed by atoms with Crippen molar-refractivity contribution in [3.05, 3.63) is 35.9 Å². The van der Waals surface area contributed by atoms with E-state index in [1.807, 2.05) is 0 Å². The van der Waals surface area contributed by atoms with Gasteiger partial charge in [-0.25, -0.2) is 4.79 Å². The zero-order valence-electron chi connectivity index (χ0n) is 8.41. The van der Waals surface area contributed by atoms with Crippen LogP contribution in [0.25, 0.3) is 0 Å². The van der Waals surface area contributed by atoms with E-state index in [2.05, 4.69) is 4.74 Å². The van der Waals surface area contributed by atoms with Gasteiger partial charge >= 0.3 is 11.9 Å². The second-order valence-corrected chi connectivity index (χ2v) is 3.96. The van der Waals surface area contributed by atoms with Gasteiger partial charge in [0.15, 0.2) is 0 Å². The maximum atomic E-state index is 11.4. The minimum absolute atomic E-state index is 0.266. The number of esters is 2. The molecule has 16 heavy (non-hydrogen) atoms. The lowest BCUT2D eigenvalue weighted by Crippen LogP contribution is -2.22. The van der Waals surface area contributed by atoms with Crippen molar-refractivity contribution in [1.29, 1.82) is 0 Å². The maximum Gasteiger partial charge on any atom is 0.332 e. The van der Waals surface area contributed by atoms with Crippen LogP contribution in [0.4, 0.5) is 0 Å². The number of rotatable bonds is 3. The van der Waals surface area contributed by atoms with Crippen molar-refractivity contribution in [2.24, 2.45) is 0 Å². The molecule has 1 aromatic rings. The smallest absolute Gasteiger partial charge is 0.332 e. The molecule has 0 fully saturated rings. The van der Waals surface area contributed by atoms with E-state index in [1.165, 1.54) is 12.1 Å². The van der Waals surface area contributed by atoms with Gasteiger partial charge in [-0.2, -0.15) is 0 Å². The molecule has 0 bridgehead atoms. The van der Waals surface area contributed by atoms with Crippen LogP contribution in [-0.2, 0) is 25.4 Å². The van der Waals surface area contributed by atoms with Gasteiger partial charge in [-0.3, -0.25) is 9.00 Å². The summed E-state index contributed by atoms with van der Waals surface area (Å²) in [5.41, 5.74) is 0.266. The largest absolute Gasteiger partial charge is 0.771 e. The molecule has 0 N–H and O–H groups in total. The molecular formula is C10H9O5S-. The molecule has 0 aliphatic rings. The number of carbonyl (C=O) groups is 2. The Kier molecular flexibility index (Phi) is 4.33. The molecule has 0 amide bonds. The molecule has 6 heteroatoms. The minimum Gasteiger partial charge on any atom is -0.771 e. The molecule has 2 unspecified atom stereocenters. The lowest BCUT2D eigenvalue weighted by atomic mass is 10.1. The molecule has 5 nitrogen and oxygen atoms in total. The van der Waals surface area contributed by atoms with Crippen LogP contribution in [-0.4, -0.2) is 20.7 Å². The van der Waals surface area contributed by atoms with Crippen molar-refractivity contribution in [3.63, 3.8) is 0 Å². The Balaban J connectivity index is 2.97. The molecule has 1 aromatic carbocycles. The summed E-state index contributed by atoms with van der Waals surface area (Å²) >= 11 is -2.68. The topological polar surface area (TPSA) is 83.5 Å². The predicted molar refractivity (Wildman–Crippen MR) is 54.9 cm³/mol. The summed E-state index contributed by atoms with van der Waals surface area (Å²) in [5.74, 6) is -1.93. The van der Waals surface area contributed by atoms with E-state index in [0.29, 0.717) is 0 Å². The van der Waals surface area contributed by atoms with Crippen LogP contribution in [0.15, 0.2) is 30.3 Å². The Labute approximate surface area is 94.7 Å². The van der Waals surface area contributed by atoms with Crippen LogP contribution in [0.1, 0.15) is 17.7 Å². The molecule has 1 rings (SSSR count). The summed E-state index contributed by atoms with van der Waals surface area (Å²) in [4.78, 5) is 21.9. The third-order valence-electron chi connectivity index (χ3n) is 1.75.